The number of rotatable bonds is 3. The van der Waals surface area contributed by atoms with Crippen LogP contribution in [0.2, 0.25) is 0 Å². The molecule has 2 aromatic carbocycles. The first-order valence-electron chi connectivity index (χ1n) is 8.71. The number of aromatic nitrogens is 2. The Morgan fingerprint density at radius 3 is 2.08 bits per heavy atom. The van der Waals surface area contributed by atoms with Gasteiger partial charge in [-0.2, -0.15) is 0 Å². The fourth-order valence-corrected chi connectivity index (χ4v) is 4.23. The SMILES string of the molecule is c1ccc(-c2nc(N3CCCCCC3)s[n+]2-c2ccccc2)cc1. The first-order valence-corrected chi connectivity index (χ1v) is 9.48. The van der Waals surface area contributed by atoms with Crippen LogP contribution in [0.4, 0.5) is 5.13 Å². The lowest BCUT2D eigenvalue weighted by molar-refractivity contribution is -0.509. The van der Waals surface area contributed by atoms with Crippen LogP contribution in [0.1, 0.15) is 25.7 Å². The fraction of sp³-hybridized carbons (Fsp3) is 0.300. The van der Waals surface area contributed by atoms with E-state index in [0.29, 0.717) is 0 Å². The van der Waals surface area contributed by atoms with Crippen molar-refractivity contribution in [1.29, 1.82) is 0 Å². The summed E-state index contributed by atoms with van der Waals surface area (Å²) < 4.78 is 2.26. The van der Waals surface area contributed by atoms with Gasteiger partial charge in [0.25, 0.3) is 0 Å². The number of anilines is 1. The number of para-hydroxylation sites is 1. The third-order valence-electron chi connectivity index (χ3n) is 4.47. The van der Waals surface area contributed by atoms with Crippen LogP contribution in [-0.4, -0.2) is 18.1 Å². The quantitative estimate of drug-likeness (QED) is 0.658. The van der Waals surface area contributed by atoms with Gasteiger partial charge in [0.1, 0.15) is 17.2 Å². The Bertz CT molecular complexity index is 718. The van der Waals surface area contributed by atoms with Gasteiger partial charge in [-0.15, -0.1) is 3.96 Å². The highest BCUT2D eigenvalue weighted by molar-refractivity contribution is 7.06. The highest BCUT2D eigenvalue weighted by Crippen LogP contribution is 2.26. The predicted octanol–water partition coefficient (Wildman–Crippen LogP) is 4.47. The molecule has 4 rings (SSSR count). The number of nitrogens with zero attached hydrogens (tertiary/aromatic N) is 3. The zero-order valence-corrected chi connectivity index (χ0v) is 14.6. The molecule has 24 heavy (non-hydrogen) atoms. The summed E-state index contributed by atoms with van der Waals surface area (Å²) in [4.78, 5) is 7.49. The minimum atomic E-state index is 1.03. The highest BCUT2D eigenvalue weighted by atomic mass is 32.1. The molecule has 0 saturated carbocycles. The molecule has 0 bridgehead atoms. The van der Waals surface area contributed by atoms with Crippen LogP contribution < -0.4 is 8.86 Å². The Labute approximate surface area is 147 Å². The molecule has 0 N–H and O–H groups in total. The summed E-state index contributed by atoms with van der Waals surface area (Å²) in [5.74, 6) is 1.03. The zero-order valence-electron chi connectivity index (χ0n) is 13.8. The summed E-state index contributed by atoms with van der Waals surface area (Å²) >= 11 is 1.75. The maximum Gasteiger partial charge on any atom is 0.350 e. The monoisotopic (exact) mass is 336 g/mol. The average Bonchev–Trinajstić information content (AvgIpc) is 2.91. The summed E-state index contributed by atoms with van der Waals surface area (Å²) in [6.45, 7) is 2.24. The Morgan fingerprint density at radius 2 is 1.42 bits per heavy atom. The first kappa shape index (κ1) is 15.3. The van der Waals surface area contributed by atoms with Crippen molar-refractivity contribution in [2.75, 3.05) is 18.0 Å². The van der Waals surface area contributed by atoms with Crippen molar-refractivity contribution in [3.8, 4) is 17.1 Å². The van der Waals surface area contributed by atoms with Gasteiger partial charge in [0.2, 0.25) is 0 Å². The molecule has 122 valence electrons. The Balaban J connectivity index is 1.79. The lowest BCUT2D eigenvalue weighted by Gasteiger charge is -2.14. The van der Waals surface area contributed by atoms with E-state index in [-0.39, 0.29) is 0 Å². The van der Waals surface area contributed by atoms with Crippen LogP contribution in [0.15, 0.2) is 60.7 Å². The molecule has 3 nitrogen and oxygen atoms in total. The predicted molar refractivity (Wildman–Crippen MR) is 99.8 cm³/mol. The minimum absolute atomic E-state index is 1.03. The van der Waals surface area contributed by atoms with Gasteiger partial charge in [0.05, 0.1) is 5.56 Å². The Morgan fingerprint density at radius 1 is 0.792 bits per heavy atom. The normalized spacial score (nSPS) is 15.2. The van der Waals surface area contributed by atoms with E-state index in [1.165, 1.54) is 36.9 Å². The van der Waals surface area contributed by atoms with Gasteiger partial charge in [-0.3, -0.25) is 0 Å². The number of hydrogen-bond donors (Lipinski definition) is 0. The third-order valence-corrected chi connectivity index (χ3v) is 5.55. The molecular formula is C20H22N3S+. The summed E-state index contributed by atoms with van der Waals surface area (Å²) in [5.41, 5.74) is 2.34. The lowest BCUT2D eigenvalue weighted by atomic mass is 10.2. The molecule has 0 radical (unpaired) electrons. The maximum atomic E-state index is 5.03. The largest absolute Gasteiger partial charge is 0.350 e. The van der Waals surface area contributed by atoms with Crippen LogP contribution in [0.5, 0.6) is 0 Å². The van der Waals surface area contributed by atoms with Crippen molar-refractivity contribution in [1.82, 2.24) is 4.98 Å². The molecule has 0 amide bonds. The van der Waals surface area contributed by atoms with E-state index in [1.807, 2.05) is 0 Å². The van der Waals surface area contributed by atoms with Gasteiger partial charge < -0.3 is 4.90 Å². The highest BCUT2D eigenvalue weighted by Gasteiger charge is 2.27. The molecule has 0 atom stereocenters. The zero-order chi connectivity index (χ0) is 16.2. The van der Waals surface area contributed by atoms with Gasteiger partial charge in [0.15, 0.2) is 0 Å². The van der Waals surface area contributed by atoms with Gasteiger partial charge in [-0.05, 0) is 42.1 Å². The van der Waals surface area contributed by atoms with E-state index < -0.39 is 0 Å². The van der Waals surface area contributed by atoms with E-state index >= 15 is 0 Å². The van der Waals surface area contributed by atoms with Crippen molar-refractivity contribution in [3.05, 3.63) is 60.7 Å². The van der Waals surface area contributed by atoms with Crippen LogP contribution in [0, 0.1) is 0 Å². The van der Waals surface area contributed by atoms with Crippen molar-refractivity contribution in [2.24, 2.45) is 0 Å². The van der Waals surface area contributed by atoms with Crippen molar-refractivity contribution >= 4 is 16.7 Å². The summed E-state index contributed by atoms with van der Waals surface area (Å²) in [7, 11) is 0. The van der Waals surface area contributed by atoms with E-state index in [9.17, 15) is 0 Å². The van der Waals surface area contributed by atoms with Crippen LogP contribution in [0.3, 0.4) is 0 Å². The fourth-order valence-electron chi connectivity index (χ4n) is 3.18. The average molecular weight is 336 g/mol. The van der Waals surface area contributed by atoms with E-state index in [0.717, 1.165) is 24.0 Å². The lowest BCUT2D eigenvalue weighted by Crippen LogP contribution is -2.28. The molecule has 1 aromatic heterocycles. The second-order valence-electron chi connectivity index (χ2n) is 6.21. The third kappa shape index (κ3) is 3.20. The summed E-state index contributed by atoms with van der Waals surface area (Å²) in [6, 6.07) is 21.0. The van der Waals surface area contributed by atoms with Gasteiger partial charge in [0, 0.05) is 13.1 Å². The summed E-state index contributed by atoms with van der Waals surface area (Å²) in [5, 5.41) is 1.14. The standard InChI is InChI=1S/C20H22N3S/c1-2-10-16-22(15-9-1)20-21-19(17-11-5-3-6-12-17)23(24-20)18-13-7-4-8-14-18/h3-8,11-14H,1-2,9-10,15-16H2/q+1. The Hall–Kier alpha value is -2.20. The molecule has 0 spiro atoms. The van der Waals surface area contributed by atoms with Crippen LogP contribution in [0.25, 0.3) is 17.1 Å². The van der Waals surface area contributed by atoms with E-state index in [1.54, 1.807) is 11.5 Å². The van der Waals surface area contributed by atoms with Gasteiger partial charge in [-0.1, -0.05) is 49.2 Å². The maximum absolute atomic E-state index is 5.03. The molecule has 0 unspecified atom stereocenters. The number of benzene rings is 2. The van der Waals surface area contributed by atoms with Gasteiger partial charge >= 0.3 is 11.0 Å². The molecule has 2 heterocycles. The molecule has 1 saturated heterocycles. The van der Waals surface area contributed by atoms with Crippen molar-refractivity contribution in [3.63, 3.8) is 0 Å². The van der Waals surface area contributed by atoms with Crippen molar-refractivity contribution < 1.29 is 3.96 Å². The molecular weight excluding hydrogens is 314 g/mol. The molecule has 0 aliphatic carbocycles. The van der Waals surface area contributed by atoms with E-state index in [2.05, 4.69) is 69.5 Å². The second-order valence-corrected chi connectivity index (χ2v) is 7.12. The van der Waals surface area contributed by atoms with Crippen LogP contribution >= 0.6 is 11.5 Å². The second kappa shape index (κ2) is 7.14. The smallest absolute Gasteiger partial charge is 0.324 e. The molecule has 3 aromatic rings. The molecule has 1 aliphatic heterocycles. The van der Waals surface area contributed by atoms with Crippen LogP contribution in [-0.2, 0) is 0 Å². The van der Waals surface area contributed by atoms with E-state index in [4.69, 9.17) is 4.98 Å². The molecule has 1 fully saturated rings. The number of hydrogen-bond acceptors (Lipinski definition) is 3. The minimum Gasteiger partial charge on any atom is -0.324 e. The van der Waals surface area contributed by atoms with Gasteiger partial charge in [-0.25, -0.2) is 0 Å². The van der Waals surface area contributed by atoms with Crippen molar-refractivity contribution in [2.45, 2.75) is 25.7 Å². The first-order chi connectivity index (χ1) is 11.9. The molecule has 1 aliphatic rings. The Kier molecular flexibility index (Phi) is 4.56. The summed E-state index contributed by atoms with van der Waals surface area (Å²) in [6.07, 6.45) is 5.22. The molecule has 4 heteroatoms. The topological polar surface area (TPSA) is 20.0 Å².